The minimum absolute atomic E-state index is 0.162. The van der Waals surface area contributed by atoms with Crippen LogP contribution in [0, 0.1) is 11.3 Å². The molecule has 0 aromatic heterocycles. The van der Waals surface area contributed by atoms with Gasteiger partial charge in [0.25, 0.3) is 0 Å². The molecule has 1 aliphatic heterocycles. The van der Waals surface area contributed by atoms with Crippen LogP contribution >= 0.6 is 0 Å². The molecule has 0 radical (unpaired) electrons. The van der Waals surface area contributed by atoms with Crippen molar-refractivity contribution in [2.45, 2.75) is 19.5 Å². The van der Waals surface area contributed by atoms with Crippen molar-refractivity contribution in [3.8, 4) is 6.07 Å². The maximum atomic E-state index is 8.92. The van der Waals surface area contributed by atoms with Crippen LogP contribution in [0.2, 0.25) is 0 Å². The molecular weight excluding hydrogens is 198 g/mol. The minimum atomic E-state index is 0.162. The zero-order valence-electron chi connectivity index (χ0n) is 9.35. The Balaban J connectivity index is 2.08. The lowest BCUT2D eigenvalue weighted by molar-refractivity contribution is 0.268. The van der Waals surface area contributed by atoms with Crippen molar-refractivity contribution < 1.29 is 0 Å². The Kier molecular flexibility index (Phi) is 2.93. The van der Waals surface area contributed by atoms with Gasteiger partial charge in [0.1, 0.15) is 0 Å². The third-order valence-corrected chi connectivity index (χ3v) is 3.07. The predicted molar refractivity (Wildman–Crippen MR) is 63.1 cm³/mol. The monoisotopic (exact) mass is 213 g/mol. The minimum Gasteiger partial charge on any atom is -0.400 e. The molecule has 0 aliphatic carbocycles. The van der Waals surface area contributed by atoms with Crippen LogP contribution in [0.15, 0.2) is 41.6 Å². The number of nitrogens with two attached hydrogens (primary N) is 1. The first-order chi connectivity index (χ1) is 7.72. The lowest BCUT2D eigenvalue weighted by Crippen LogP contribution is -2.30. The first-order valence-electron chi connectivity index (χ1n) is 5.39. The second kappa shape index (κ2) is 4.38. The number of nitriles is 1. The molecular formula is C13H15N3. The van der Waals surface area contributed by atoms with Gasteiger partial charge in [0.2, 0.25) is 0 Å². The van der Waals surface area contributed by atoms with E-state index in [0.717, 1.165) is 12.2 Å². The normalized spacial score (nSPS) is 21.1. The van der Waals surface area contributed by atoms with Crippen LogP contribution in [0.1, 0.15) is 12.5 Å². The Bertz CT molecular complexity index is 442. The van der Waals surface area contributed by atoms with Crippen molar-refractivity contribution in [1.29, 1.82) is 5.26 Å². The van der Waals surface area contributed by atoms with Crippen molar-refractivity contribution in [3.05, 3.63) is 47.2 Å². The number of benzene rings is 1. The maximum absolute atomic E-state index is 8.92. The van der Waals surface area contributed by atoms with E-state index in [1.54, 1.807) is 0 Å². The molecule has 0 spiro atoms. The van der Waals surface area contributed by atoms with E-state index in [4.69, 9.17) is 11.0 Å². The van der Waals surface area contributed by atoms with Gasteiger partial charge < -0.3 is 5.73 Å². The average molecular weight is 213 g/mol. The molecule has 1 heterocycles. The highest BCUT2D eigenvalue weighted by atomic mass is 15.2. The molecule has 1 aliphatic rings. The molecule has 1 atom stereocenters. The van der Waals surface area contributed by atoms with Gasteiger partial charge in [-0.15, -0.1) is 0 Å². The van der Waals surface area contributed by atoms with Crippen molar-refractivity contribution in [2.24, 2.45) is 5.73 Å². The number of rotatable bonds is 2. The standard InChI is InChI=1S/C13H15N3/c1-10-13(15)12(7-14)9-16(10)8-11-5-3-2-4-6-11/h2-6,10H,8-9,15H2,1H3/t10-/m1/s1. The van der Waals surface area contributed by atoms with E-state index in [2.05, 4.69) is 23.1 Å². The van der Waals surface area contributed by atoms with Gasteiger partial charge in [-0.05, 0) is 12.5 Å². The molecule has 3 heteroatoms. The highest BCUT2D eigenvalue weighted by Crippen LogP contribution is 2.22. The van der Waals surface area contributed by atoms with Crippen LogP contribution < -0.4 is 5.73 Å². The molecule has 0 amide bonds. The Hall–Kier alpha value is -1.79. The highest BCUT2D eigenvalue weighted by Gasteiger charge is 2.27. The summed E-state index contributed by atoms with van der Waals surface area (Å²) in [5.41, 5.74) is 8.58. The lowest BCUT2D eigenvalue weighted by Gasteiger charge is -2.21. The summed E-state index contributed by atoms with van der Waals surface area (Å²) in [6.07, 6.45) is 0. The van der Waals surface area contributed by atoms with Gasteiger partial charge in [0, 0.05) is 24.8 Å². The van der Waals surface area contributed by atoms with Gasteiger partial charge in [-0.2, -0.15) is 5.26 Å². The first kappa shape index (κ1) is 10.7. The highest BCUT2D eigenvalue weighted by molar-refractivity contribution is 5.35. The summed E-state index contributed by atoms with van der Waals surface area (Å²) in [7, 11) is 0. The summed E-state index contributed by atoms with van der Waals surface area (Å²) in [6.45, 7) is 3.55. The fourth-order valence-electron chi connectivity index (χ4n) is 1.99. The molecule has 3 nitrogen and oxygen atoms in total. The largest absolute Gasteiger partial charge is 0.400 e. The molecule has 0 saturated heterocycles. The van der Waals surface area contributed by atoms with Crippen LogP contribution in [0.25, 0.3) is 0 Å². The first-order valence-corrected chi connectivity index (χ1v) is 5.39. The van der Waals surface area contributed by atoms with Crippen LogP contribution in [0.4, 0.5) is 0 Å². The molecule has 1 aromatic carbocycles. The fourth-order valence-corrected chi connectivity index (χ4v) is 1.99. The Labute approximate surface area is 95.8 Å². The van der Waals surface area contributed by atoms with Gasteiger partial charge in [0.05, 0.1) is 11.6 Å². The Morgan fingerprint density at radius 1 is 1.44 bits per heavy atom. The molecule has 82 valence electrons. The van der Waals surface area contributed by atoms with Crippen molar-refractivity contribution in [1.82, 2.24) is 4.90 Å². The van der Waals surface area contributed by atoms with E-state index in [9.17, 15) is 0 Å². The fraction of sp³-hybridized carbons (Fsp3) is 0.308. The summed E-state index contributed by atoms with van der Waals surface area (Å²) in [6, 6.07) is 12.6. The van der Waals surface area contributed by atoms with Gasteiger partial charge in [-0.3, -0.25) is 4.90 Å². The predicted octanol–water partition coefficient (Wildman–Crippen LogP) is 1.63. The average Bonchev–Trinajstić information content (AvgIpc) is 2.58. The van der Waals surface area contributed by atoms with Crippen molar-refractivity contribution >= 4 is 0 Å². The number of hydrogen-bond acceptors (Lipinski definition) is 3. The third-order valence-electron chi connectivity index (χ3n) is 3.07. The van der Waals surface area contributed by atoms with Crippen LogP contribution in [-0.2, 0) is 6.54 Å². The topological polar surface area (TPSA) is 53.1 Å². The van der Waals surface area contributed by atoms with Crippen molar-refractivity contribution in [2.75, 3.05) is 6.54 Å². The van der Waals surface area contributed by atoms with Crippen LogP contribution in [0.3, 0.4) is 0 Å². The smallest absolute Gasteiger partial charge is 0.0979 e. The summed E-state index contributed by atoms with van der Waals surface area (Å²) in [5, 5.41) is 8.92. The van der Waals surface area contributed by atoms with E-state index in [1.165, 1.54) is 5.56 Å². The summed E-state index contributed by atoms with van der Waals surface area (Å²) >= 11 is 0. The van der Waals surface area contributed by atoms with Gasteiger partial charge in [-0.25, -0.2) is 0 Å². The molecule has 0 bridgehead atoms. The zero-order valence-corrected chi connectivity index (χ0v) is 9.35. The molecule has 1 aromatic rings. The molecule has 2 rings (SSSR count). The summed E-state index contributed by atoms with van der Waals surface area (Å²) < 4.78 is 0. The second-order valence-corrected chi connectivity index (χ2v) is 4.11. The van der Waals surface area contributed by atoms with Crippen LogP contribution in [0.5, 0.6) is 0 Å². The maximum Gasteiger partial charge on any atom is 0.0979 e. The number of hydrogen-bond donors (Lipinski definition) is 1. The molecule has 0 unspecified atom stereocenters. The molecule has 16 heavy (non-hydrogen) atoms. The van der Waals surface area contributed by atoms with E-state index >= 15 is 0 Å². The third kappa shape index (κ3) is 1.93. The van der Waals surface area contributed by atoms with E-state index in [-0.39, 0.29) is 6.04 Å². The summed E-state index contributed by atoms with van der Waals surface area (Å²) in [5.74, 6) is 0. The SMILES string of the molecule is C[C@@H]1C(N)=C(C#N)CN1Cc1ccccc1. The van der Waals surface area contributed by atoms with E-state index in [0.29, 0.717) is 12.1 Å². The lowest BCUT2D eigenvalue weighted by atomic mass is 10.2. The Morgan fingerprint density at radius 3 is 2.69 bits per heavy atom. The van der Waals surface area contributed by atoms with Gasteiger partial charge in [-0.1, -0.05) is 30.3 Å². The molecule has 2 N–H and O–H groups in total. The van der Waals surface area contributed by atoms with Crippen LogP contribution in [-0.4, -0.2) is 17.5 Å². The summed E-state index contributed by atoms with van der Waals surface area (Å²) in [4.78, 5) is 2.21. The van der Waals surface area contributed by atoms with Crippen molar-refractivity contribution in [3.63, 3.8) is 0 Å². The Morgan fingerprint density at radius 2 is 2.12 bits per heavy atom. The van der Waals surface area contributed by atoms with E-state index < -0.39 is 0 Å². The van der Waals surface area contributed by atoms with Gasteiger partial charge in [0.15, 0.2) is 0 Å². The molecule has 0 saturated carbocycles. The molecule has 0 fully saturated rings. The second-order valence-electron chi connectivity index (χ2n) is 4.11. The zero-order chi connectivity index (χ0) is 11.5. The number of nitrogens with zero attached hydrogens (tertiary/aromatic N) is 2. The van der Waals surface area contributed by atoms with Gasteiger partial charge >= 0.3 is 0 Å². The quantitative estimate of drug-likeness (QED) is 0.812. The van der Waals surface area contributed by atoms with E-state index in [1.807, 2.05) is 25.1 Å².